The predicted octanol–water partition coefficient (Wildman–Crippen LogP) is 4.77. The first-order valence-corrected chi connectivity index (χ1v) is 11.2. The summed E-state index contributed by atoms with van der Waals surface area (Å²) in [6, 6.07) is 15.8. The van der Waals surface area contributed by atoms with Crippen LogP contribution in [-0.4, -0.2) is 30.2 Å². The predicted molar refractivity (Wildman–Crippen MR) is 121 cm³/mol. The Kier molecular flexibility index (Phi) is 6.04. The Bertz CT molecular complexity index is 1540. The Morgan fingerprint density at radius 1 is 0.912 bits per heavy atom. The molecule has 0 saturated heterocycles. The second-order valence-corrected chi connectivity index (χ2v) is 8.74. The van der Waals surface area contributed by atoms with Crippen LogP contribution in [0.3, 0.4) is 0 Å². The van der Waals surface area contributed by atoms with E-state index in [0.29, 0.717) is 33.3 Å². The zero-order chi connectivity index (χ0) is 24.3. The Hall–Kier alpha value is -4.23. The van der Waals surface area contributed by atoms with Gasteiger partial charge in [0.15, 0.2) is 6.29 Å². The average Bonchev–Trinajstić information content (AvgIpc) is 2.82. The number of pyridine rings is 2. The molecule has 2 heterocycles. The number of nitrogens with zero attached hydrogens (tertiary/aromatic N) is 2. The third kappa shape index (κ3) is 4.89. The van der Waals surface area contributed by atoms with Crippen molar-refractivity contribution in [3.63, 3.8) is 0 Å². The van der Waals surface area contributed by atoms with Gasteiger partial charge >= 0.3 is 15.5 Å². The van der Waals surface area contributed by atoms with Crippen molar-refractivity contribution in [3.8, 4) is 23.1 Å². The topological polar surface area (TPSA) is 89.0 Å². The van der Waals surface area contributed by atoms with E-state index in [1.54, 1.807) is 36.7 Å². The van der Waals surface area contributed by atoms with Gasteiger partial charge in [-0.2, -0.15) is 21.6 Å². The van der Waals surface area contributed by atoms with Crippen LogP contribution in [0.1, 0.15) is 21.5 Å². The highest BCUT2D eigenvalue weighted by atomic mass is 32.2. The molecule has 0 saturated carbocycles. The van der Waals surface area contributed by atoms with Crippen molar-refractivity contribution in [2.45, 2.75) is 5.51 Å². The maximum atomic E-state index is 12.5. The zero-order valence-corrected chi connectivity index (χ0v) is 18.0. The highest BCUT2D eigenvalue weighted by molar-refractivity contribution is 7.93. The summed E-state index contributed by atoms with van der Waals surface area (Å²) < 4.78 is 61.2. The maximum absolute atomic E-state index is 12.5. The molecular weight excluding hydrogens is 467 g/mol. The summed E-state index contributed by atoms with van der Waals surface area (Å²) in [7, 11) is -5.48. The lowest BCUT2D eigenvalue weighted by molar-refractivity contribution is -0.0429. The monoisotopic (exact) mass is 481 g/mol. The van der Waals surface area contributed by atoms with Crippen molar-refractivity contribution in [1.29, 1.82) is 0 Å². The lowest BCUT2D eigenvalue weighted by Gasteiger charge is -2.10. The SMILES string of the molecule is O=Cc1cc(-c2ccc(C#Cc3ccc(NS(=O)(=O)C(F)(F)F)cc3)cc2)nc2ccncc12. The van der Waals surface area contributed by atoms with Crippen molar-refractivity contribution in [3.05, 3.63) is 89.7 Å². The lowest BCUT2D eigenvalue weighted by Crippen LogP contribution is -2.29. The highest BCUT2D eigenvalue weighted by Gasteiger charge is 2.45. The van der Waals surface area contributed by atoms with Crippen LogP contribution in [0.25, 0.3) is 22.2 Å². The second-order valence-electron chi connectivity index (χ2n) is 7.06. The fourth-order valence-electron chi connectivity index (χ4n) is 3.04. The van der Waals surface area contributed by atoms with Gasteiger partial charge in [0, 0.05) is 45.7 Å². The summed E-state index contributed by atoms with van der Waals surface area (Å²) in [5.41, 5.74) is -1.92. The summed E-state index contributed by atoms with van der Waals surface area (Å²) in [5.74, 6) is 5.79. The van der Waals surface area contributed by atoms with E-state index in [1.165, 1.54) is 29.0 Å². The lowest BCUT2D eigenvalue weighted by atomic mass is 10.0. The van der Waals surface area contributed by atoms with E-state index < -0.39 is 15.5 Å². The molecule has 4 aromatic rings. The van der Waals surface area contributed by atoms with Gasteiger partial charge in [0.1, 0.15) is 0 Å². The molecule has 170 valence electrons. The summed E-state index contributed by atoms with van der Waals surface area (Å²) in [6.45, 7) is 0. The Balaban J connectivity index is 1.52. The number of fused-ring (bicyclic) bond motifs is 1. The molecule has 6 nitrogen and oxygen atoms in total. The van der Waals surface area contributed by atoms with Crippen LogP contribution in [0.15, 0.2) is 73.1 Å². The molecule has 4 rings (SSSR count). The summed E-state index contributed by atoms with van der Waals surface area (Å²) in [5, 5.41) is 0.668. The molecule has 10 heteroatoms. The Labute approximate surface area is 192 Å². The van der Waals surface area contributed by atoms with Crippen molar-refractivity contribution in [2.75, 3.05) is 4.72 Å². The number of sulfonamides is 1. The molecule has 0 unspecified atom stereocenters. The molecular formula is C24H14F3N3O3S. The first kappa shape index (κ1) is 22.9. The van der Waals surface area contributed by atoms with Gasteiger partial charge in [-0.3, -0.25) is 14.5 Å². The summed E-state index contributed by atoms with van der Waals surface area (Å²) >= 11 is 0. The number of nitrogens with one attached hydrogen (secondary N) is 1. The molecule has 0 fully saturated rings. The van der Waals surface area contributed by atoms with Gasteiger partial charge in [0.25, 0.3) is 0 Å². The minimum absolute atomic E-state index is 0.222. The fourth-order valence-corrected chi connectivity index (χ4v) is 3.60. The van der Waals surface area contributed by atoms with Gasteiger partial charge in [0.2, 0.25) is 0 Å². The first-order valence-electron chi connectivity index (χ1n) is 9.68. The van der Waals surface area contributed by atoms with Gasteiger partial charge < -0.3 is 0 Å². The molecule has 0 radical (unpaired) electrons. The van der Waals surface area contributed by atoms with Crippen LogP contribution in [-0.2, 0) is 10.0 Å². The van der Waals surface area contributed by atoms with Crippen LogP contribution < -0.4 is 4.72 Å². The number of carbonyl (C=O) groups is 1. The molecule has 0 aliphatic carbocycles. The fraction of sp³-hybridized carbons (Fsp3) is 0.0417. The maximum Gasteiger partial charge on any atom is 0.516 e. The zero-order valence-electron chi connectivity index (χ0n) is 17.2. The highest BCUT2D eigenvalue weighted by Crippen LogP contribution is 2.26. The summed E-state index contributed by atoms with van der Waals surface area (Å²) in [6.07, 6.45) is 3.95. The molecule has 0 atom stereocenters. The second kappa shape index (κ2) is 8.96. The van der Waals surface area contributed by atoms with Gasteiger partial charge in [-0.15, -0.1) is 0 Å². The smallest absolute Gasteiger partial charge is 0.298 e. The Morgan fingerprint density at radius 3 is 2.12 bits per heavy atom. The number of alkyl halides is 3. The minimum atomic E-state index is -5.48. The van der Waals surface area contributed by atoms with Crippen LogP contribution in [0.4, 0.5) is 18.9 Å². The third-order valence-electron chi connectivity index (χ3n) is 4.74. The Morgan fingerprint density at radius 2 is 1.53 bits per heavy atom. The molecule has 2 aromatic heterocycles. The number of hydrogen-bond donors (Lipinski definition) is 1. The normalized spacial score (nSPS) is 11.5. The molecule has 2 aromatic carbocycles. The van der Waals surface area contributed by atoms with E-state index in [9.17, 15) is 26.4 Å². The van der Waals surface area contributed by atoms with Crippen molar-refractivity contribution >= 4 is 32.9 Å². The number of aldehydes is 1. The molecule has 0 aliphatic rings. The van der Waals surface area contributed by atoms with E-state index in [1.807, 2.05) is 12.1 Å². The van der Waals surface area contributed by atoms with Gasteiger partial charge in [0.05, 0.1) is 11.2 Å². The molecule has 0 bridgehead atoms. The largest absolute Gasteiger partial charge is 0.516 e. The molecule has 1 N–H and O–H groups in total. The van der Waals surface area contributed by atoms with Crippen molar-refractivity contribution in [2.24, 2.45) is 0 Å². The van der Waals surface area contributed by atoms with Crippen molar-refractivity contribution < 1.29 is 26.4 Å². The van der Waals surface area contributed by atoms with Crippen molar-refractivity contribution in [1.82, 2.24) is 9.97 Å². The van der Waals surface area contributed by atoms with E-state index in [2.05, 4.69) is 21.8 Å². The number of anilines is 1. The minimum Gasteiger partial charge on any atom is -0.298 e. The van der Waals surface area contributed by atoms with E-state index in [4.69, 9.17) is 0 Å². The number of carbonyl (C=O) groups excluding carboxylic acids is 1. The van der Waals surface area contributed by atoms with Crippen LogP contribution >= 0.6 is 0 Å². The quantitative estimate of drug-likeness (QED) is 0.335. The van der Waals surface area contributed by atoms with Gasteiger partial charge in [-0.05, 0) is 48.5 Å². The molecule has 0 spiro atoms. The molecule has 34 heavy (non-hydrogen) atoms. The number of rotatable bonds is 4. The standard InChI is InChI=1S/C24H14F3N3O3S/c25-24(26,27)34(32,33)30-20-9-5-17(6-10-20)2-1-16-3-7-18(8-4-16)23-13-19(15-31)21-14-28-12-11-22(21)29-23/h3-15,30H. The van der Waals surface area contributed by atoms with Crippen LogP contribution in [0.5, 0.6) is 0 Å². The van der Waals surface area contributed by atoms with E-state index >= 15 is 0 Å². The van der Waals surface area contributed by atoms with E-state index in [-0.39, 0.29) is 5.69 Å². The van der Waals surface area contributed by atoms with Crippen LogP contribution in [0, 0.1) is 11.8 Å². The number of halogens is 3. The number of aromatic nitrogens is 2. The third-order valence-corrected chi connectivity index (χ3v) is 5.86. The number of hydrogen-bond acceptors (Lipinski definition) is 5. The average molecular weight is 481 g/mol. The number of benzene rings is 2. The summed E-state index contributed by atoms with van der Waals surface area (Å²) in [4.78, 5) is 20.0. The van der Waals surface area contributed by atoms with Gasteiger partial charge in [-0.25, -0.2) is 4.98 Å². The van der Waals surface area contributed by atoms with Gasteiger partial charge in [-0.1, -0.05) is 24.0 Å². The van der Waals surface area contributed by atoms with E-state index in [0.717, 1.165) is 11.8 Å². The first-order chi connectivity index (χ1) is 16.2. The molecule has 0 amide bonds. The van der Waals surface area contributed by atoms with Crippen LogP contribution in [0.2, 0.25) is 0 Å². The molecule has 0 aliphatic heterocycles.